The van der Waals surface area contributed by atoms with E-state index in [4.69, 9.17) is 0 Å². The Labute approximate surface area is 99.0 Å². The molecule has 0 aromatic carbocycles. The van der Waals surface area contributed by atoms with Crippen molar-refractivity contribution in [1.29, 1.82) is 0 Å². The molecule has 0 bridgehead atoms. The summed E-state index contributed by atoms with van der Waals surface area (Å²) in [5.41, 5.74) is 0. The van der Waals surface area contributed by atoms with Gasteiger partial charge in [0.1, 0.15) is 0 Å². The fourth-order valence-electron chi connectivity index (χ4n) is 2.61. The second kappa shape index (κ2) is 5.98. The Hall–Kier alpha value is -0.130. The van der Waals surface area contributed by atoms with Crippen LogP contribution in [0.15, 0.2) is 0 Å². The van der Waals surface area contributed by atoms with Crippen molar-refractivity contribution < 1.29 is 17.5 Å². The molecular weight excluding hydrogens is 226 g/mol. The number of nitrogens with zero attached hydrogens (tertiary/aromatic N) is 1. The van der Waals surface area contributed by atoms with E-state index in [0.29, 0.717) is 6.42 Å². The lowest BCUT2D eigenvalue weighted by Gasteiger charge is -2.41. The first-order valence-electron chi connectivity index (χ1n) is 6.26. The van der Waals surface area contributed by atoms with Crippen LogP contribution in [0.25, 0.3) is 0 Å². The molecule has 0 aromatic heterocycles. The summed E-state index contributed by atoms with van der Waals surface area (Å²) < 4.78 is 32.5. The Bertz CT molecular complexity index is 294. The molecule has 0 spiro atoms. The summed E-state index contributed by atoms with van der Waals surface area (Å²) in [5.74, 6) is -0.198. The summed E-state index contributed by atoms with van der Waals surface area (Å²) in [6.45, 7) is 6.81. The number of hydrogen-bond donors (Lipinski definition) is 0. The molecule has 0 atom stereocenters. The fourth-order valence-corrected chi connectivity index (χ4v) is 3.16. The van der Waals surface area contributed by atoms with E-state index < -0.39 is 10.1 Å². The van der Waals surface area contributed by atoms with Gasteiger partial charge in [-0.2, -0.15) is 0 Å². The van der Waals surface area contributed by atoms with E-state index in [9.17, 15) is 13.0 Å². The first-order chi connectivity index (χ1) is 7.47. The zero-order valence-electron chi connectivity index (χ0n) is 10.2. The van der Waals surface area contributed by atoms with Gasteiger partial charge in [-0.3, -0.25) is 0 Å². The summed E-state index contributed by atoms with van der Waals surface area (Å²) in [6, 6.07) is 0. The van der Waals surface area contributed by atoms with E-state index in [1.807, 2.05) is 0 Å². The van der Waals surface area contributed by atoms with Gasteiger partial charge >= 0.3 is 0 Å². The van der Waals surface area contributed by atoms with Crippen LogP contribution in [0.4, 0.5) is 0 Å². The van der Waals surface area contributed by atoms with Gasteiger partial charge in [0.25, 0.3) is 0 Å². The number of likely N-dealkylation sites (tertiary alicyclic amines) is 1. The molecule has 0 amide bonds. The van der Waals surface area contributed by atoms with Gasteiger partial charge in [-0.15, -0.1) is 0 Å². The summed E-state index contributed by atoms with van der Waals surface area (Å²) in [4.78, 5) is 0. The van der Waals surface area contributed by atoms with Crippen LogP contribution in [0.5, 0.6) is 0 Å². The van der Waals surface area contributed by atoms with Crippen LogP contribution < -0.4 is 0 Å². The third-order valence-electron chi connectivity index (χ3n) is 3.71. The standard InChI is InChI=1S/C11H23NO3S/c1-2-12(8-4-3-5-9-12)10-6-7-11-16(13,14)15/h2-11H2,1H3. The summed E-state index contributed by atoms with van der Waals surface area (Å²) in [6.07, 6.45) is 5.28. The van der Waals surface area contributed by atoms with Gasteiger partial charge in [0.2, 0.25) is 0 Å². The van der Waals surface area contributed by atoms with Gasteiger partial charge in [-0.1, -0.05) is 0 Å². The van der Waals surface area contributed by atoms with Crippen molar-refractivity contribution in [3.8, 4) is 0 Å². The molecule has 0 saturated carbocycles. The second-order valence-electron chi connectivity index (χ2n) is 4.86. The molecule has 1 rings (SSSR count). The molecule has 1 aliphatic rings. The van der Waals surface area contributed by atoms with Crippen molar-refractivity contribution in [1.82, 2.24) is 0 Å². The molecule has 1 saturated heterocycles. The molecule has 4 nitrogen and oxygen atoms in total. The van der Waals surface area contributed by atoms with Crippen molar-refractivity contribution in [2.24, 2.45) is 0 Å². The van der Waals surface area contributed by atoms with Crippen molar-refractivity contribution in [2.45, 2.75) is 39.0 Å². The Balaban J connectivity index is 2.28. The zero-order chi connectivity index (χ0) is 12.1. The average molecular weight is 249 g/mol. The van der Waals surface area contributed by atoms with Gasteiger partial charge < -0.3 is 9.04 Å². The third kappa shape index (κ3) is 4.80. The highest BCUT2D eigenvalue weighted by Crippen LogP contribution is 2.19. The maximum absolute atomic E-state index is 10.5. The third-order valence-corrected chi connectivity index (χ3v) is 4.50. The molecule has 0 aromatic rings. The van der Waals surface area contributed by atoms with Crippen molar-refractivity contribution in [2.75, 3.05) is 31.9 Å². The first kappa shape index (κ1) is 13.9. The van der Waals surface area contributed by atoms with Crippen LogP contribution in [-0.2, 0) is 10.1 Å². The number of hydrogen-bond acceptors (Lipinski definition) is 3. The normalized spacial score (nSPS) is 20.9. The number of quaternary nitrogens is 1. The van der Waals surface area contributed by atoms with Gasteiger partial charge in [-0.25, -0.2) is 8.42 Å². The molecule has 1 fully saturated rings. The van der Waals surface area contributed by atoms with E-state index in [1.165, 1.54) is 32.4 Å². The van der Waals surface area contributed by atoms with Crippen LogP contribution in [0.1, 0.15) is 39.0 Å². The quantitative estimate of drug-likeness (QED) is 0.405. The predicted octanol–water partition coefficient (Wildman–Crippen LogP) is 1.33. The lowest BCUT2D eigenvalue weighted by molar-refractivity contribution is -0.931. The Morgan fingerprint density at radius 3 is 2.25 bits per heavy atom. The predicted molar refractivity (Wildman–Crippen MR) is 63.1 cm³/mol. The van der Waals surface area contributed by atoms with E-state index in [2.05, 4.69) is 6.92 Å². The second-order valence-corrected chi connectivity index (χ2v) is 6.38. The van der Waals surface area contributed by atoms with Crippen molar-refractivity contribution in [3.05, 3.63) is 0 Å². The molecule has 1 aliphatic heterocycles. The smallest absolute Gasteiger partial charge is 0.0945 e. The van der Waals surface area contributed by atoms with Gasteiger partial charge in [-0.05, 0) is 39.0 Å². The minimum Gasteiger partial charge on any atom is -0.748 e. The Kier molecular flexibility index (Phi) is 5.21. The number of piperidine rings is 1. The van der Waals surface area contributed by atoms with Crippen LogP contribution in [0, 0.1) is 0 Å². The van der Waals surface area contributed by atoms with E-state index in [-0.39, 0.29) is 5.75 Å². The minimum atomic E-state index is -4.01. The molecule has 5 heteroatoms. The molecule has 0 N–H and O–H groups in total. The lowest BCUT2D eigenvalue weighted by atomic mass is 10.1. The van der Waals surface area contributed by atoms with Crippen LogP contribution in [-0.4, -0.2) is 49.4 Å². The van der Waals surface area contributed by atoms with Crippen LogP contribution >= 0.6 is 0 Å². The largest absolute Gasteiger partial charge is 0.748 e. The maximum Gasteiger partial charge on any atom is 0.0945 e. The van der Waals surface area contributed by atoms with E-state index in [0.717, 1.165) is 24.0 Å². The van der Waals surface area contributed by atoms with E-state index in [1.54, 1.807) is 0 Å². The van der Waals surface area contributed by atoms with E-state index >= 15 is 0 Å². The summed E-state index contributed by atoms with van der Waals surface area (Å²) in [5, 5.41) is 0. The van der Waals surface area contributed by atoms with Crippen molar-refractivity contribution in [3.63, 3.8) is 0 Å². The zero-order valence-corrected chi connectivity index (χ0v) is 11.0. The van der Waals surface area contributed by atoms with Gasteiger partial charge in [0.15, 0.2) is 0 Å². The summed E-state index contributed by atoms with van der Waals surface area (Å²) >= 11 is 0. The molecule has 0 unspecified atom stereocenters. The fraction of sp³-hybridized carbons (Fsp3) is 1.00. The topological polar surface area (TPSA) is 57.2 Å². The number of rotatable bonds is 6. The Morgan fingerprint density at radius 1 is 1.12 bits per heavy atom. The molecule has 0 aliphatic carbocycles. The van der Waals surface area contributed by atoms with Gasteiger partial charge in [0.05, 0.1) is 36.3 Å². The first-order valence-corrected chi connectivity index (χ1v) is 7.84. The van der Waals surface area contributed by atoms with Crippen molar-refractivity contribution >= 4 is 10.1 Å². The molecule has 0 radical (unpaired) electrons. The maximum atomic E-state index is 10.5. The highest BCUT2D eigenvalue weighted by Gasteiger charge is 2.26. The molecule has 96 valence electrons. The minimum absolute atomic E-state index is 0.198. The average Bonchev–Trinajstić information content (AvgIpc) is 2.25. The SMILES string of the molecule is CC[N+]1(CCCCS(=O)(=O)[O-])CCCCC1. The highest BCUT2D eigenvalue weighted by molar-refractivity contribution is 7.85. The molecule has 1 heterocycles. The highest BCUT2D eigenvalue weighted by atomic mass is 32.2. The lowest BCUT2D eigenvalue weighted by Crippen LogP contribution is -2.51. The van der Waals surface area contributed by atoms with Gasteiger partial charge in [0, 0.05) is 5.75 Å². The number of unbranched alkanes of at least 4 members (excludes halogenated alkanes) is 1. The van der Waals surface area contributed by atoms with Crippen LogP contribution in [0.2, 0.25) is 0 Å². The summed E-state index contributed by atoms with van der Waals surface area (Å²) in [7, 11) is -4.01. The monoisotopic (exact) mass is 249 g/mol. The Morgan fingerprint density at radius 2 is 1.75 bits per heavy atom. The molecule has 16 heavy (non-hydrogen) atoms. The molecular formula is C11H23NO3S. The van der Waals surface area contributed by atoms with Crippen LogP contribution in [0.3, 0.4) is 0 Å².